The Hall–Kier alpha value is -2.87. The van der Waals surface area contributed by atoms with Crippen LogP contribution in [0.2, 0.25) is 0 Å². The number of carbonyl (C=O) groups excluding carboxylic acids is 1. The number of anilines is 1. The summed E-state index contributed by atoms with van der Waals surface area (Å²) >= 11 is 1.42. The van der Waals surface area contributed by atoms with Gasteiger partial charge < -0.3 is 9.80 Å². The van der Waals surface area contributed by atoms with Crippen LogP contribution < -0.4 is 4.90 Å². The minimum atomic E-state index is -0.237. The van der Waals surface area contributed by atoms with Crippen LogP contribution in [-0.2, 0) is 11.3 Å². The number of para-hydroxylation sites is 1. The van der Waals surface area contributed by atoms with Crippen molar-refractivity contribution in [2.75, 3.05) is 31.1 Å². The number of hydrogen-bond acceptors (Lipinski definition) is 6. The van der Waals surface area contributed by atoms with E-state index in [-0.39, 0.29) is 11.2 Å². The van der Waals surface area contributed by atoms with Gasteiger partial charge in [0.1, 0.15) is 0 Å². The van der Waals surface area contributed by atoms with E-state index in [4.69, 9.17) is 0 Å². The van der Waals surface area contributed by atoms with Gasteiger partial charge in [-0.25, -0.2) is 4.68 Å². The molecule has 0 spiro atoms. The molecule has 1 unspecified atom stereocenters. The largest absolute Gasteiger partial charge is 0.368 e. The maximum absolute atomic E-state index is 12.9. The third-order valence-electron chi connectivity index (χ3n) is 5.02. The van der Waals surface area contributed by atoms with Crippen molar-refractivity contribution in [2.45, 2.75) is 23.9 Å². The molecule has 3 aromatic rings. The molecular formula is C21H24N6OS. The zero-order valence-electron chi connectivity index (χ0n) is 16.4. The Bertz CT molecular complexity index is 925. The molecule has 150 valence electrons. The molecule has 29 heavy (non-hydrogen) atoms. The second-order valence-electron chi connectivity index (χ2n) is 7.01. The monoisotopic (exact) mass is 408 g/mol. The quantitative estimate of drug-likeness (QED) is 0.584. The van der Waals surface area contributed by atoms with Gasteiger partial charge in [-0.3, -0.25) is 4.79 Å². The normalized spacial score (nSPS) is 15.3. The van der Waals surface area contributed by atoms with Crippen LogP contribution in [0.15, 0.2) is 65.8 Å². The first kappa shape index (κ1) is 19.4. The van der Waals surface area contributed by atoms with E-state index < -0.39 is 0 Å². The van der Waals surface area contributed by atoms with Crippen LogP contribution in [0.5, 0.6) is 0 Å². The number of hydrogen-bond donors (Lipinski definition) is 0. The van der Waals surface area contributed by atoms with E-state index >= 15 is 0 Å². The van der Waals surface area contributed by atoms with Gasteiger partial charge in [-0.15, -0.1) is 5.10 Å². The Balaban J connectivity index is 1.33. The van der Waals surface area contributed by atoms with Crippen LogP contribution in [0.1, 0.15) is 12.5 Å². The average molecular weight is 409 g/mol. The van der Waals surface area contributed by atoms with Gasteiger partial charge >= 0.3 is 0 Å². The lowest BCUT2D eigenvalue weighted by atomic mass is 10.2. The van der Waals surface area contributed by atoms with E-state index in [1.807, 2.05) is 60.4 Å². The van der Waals surface area contributed by atoms with Crippen LogP contribution in [0.3, 0.4) is 0 Å². The lowest BCUT2D eigenvalue weighted by molar-refractivity contribution is -0.130. The molecule has 1 amide bonds. The molecule has 1 saturated heterocycles. The number of piperazine rings is 1. The molecule has 1 aliphatic rings. The minimum Gasteiger partial charge on any atom is -0.368 e. The summed E-state index contributed by atoms with van der Waals surface area (Å²) in [6, 6.07) is 20.4. The number of benzene rings is 2. The third kappa shape index (κ3) is 4.76. The zero-order valence-corrected chi connectivity index (χ0v) is 17.2. The smallest absolute Gasteiger partial charge is 0.236 e. The van der Waals surface area contributed by atoms with Crippen molar-refractivity contribution in [1.29, 1.82) is 0 Å². The highest BCUT2D eigenvalue weighted by molar-refractivity contribution is 8.00. The molecule has 1 aliphatic heterocycles. The van der Waals surface area contributed by atoms with Crippen molar-refractivity contribution in [3.05, 3.63) is 66.2 Å². The lowest BCUT2D eigenvalue weighted by Gasteiger charge is -2.37. The van der Waals surface area contributed by atoms with E-state index in [1.165, 1.54) is 17.4 Å². The predicted octanol–water partition coefficient (Wildman–Crippen LogP) is 2.55. The summed E-state index contributed by atoms with van der Waals surface area (Å²) in [5.41, 5.74) is 2.33. The highest BCUT2D eigenvalue weighted by Crippen LogP contribution is 2.24. The Morgan fingerprint density at radius 2 is 1.66 bits per heavy atom. The van der Waals surface area contributed by atoms with Crippen LogP contribution in [0.4, 0.5) is 5.69 Å². The second-order valence-corrected chi connectivity index (χ2v) is 8.32. The number of aromatic nitrogens is 4. The summed E-state index contributed by atoms with van der Waals surface area (Å²) in [6.07, 6.45) is 0. The van der Waals surface area contributed by atoms with Crippen LogP contribution in [-0.4, -0.2) is 62.4 Å². The Morgan fingerprint density at radius 3 is 2.34 bits per heavy atom. The SMILES string of the molecule is CC(Sc1nnnn1Cc1ccccc1)C(=O)N1CCN(c2ccccc2)CC1. The molecule has 0 aliphatic carbocycles. The summed E-state index contributed by atoms with van der Waals surface area (Å²) in [5.74, 6) is 0.136. The molecule has 1 atom stereocenters. The summed E-state index contributed by atoms with van der Waals surface area (Å²) in [7, 11) is 0. The first-order valence-electron chi connectivity index (χ1n) is 9.76. The van der Waals surface area contributed by atoms with Gasteiger partial charge in [0, 0.05) is 31.9 Å². The number of nitrogens with zero attached hydrogens (tertiary/aromatic N) is 6. The van der Waals surface area contributed by atoms with Crippen molar-refractivity contribution in [2.24, 2.45) is 0 Å². The van der Waals surface area contributed by atoms with Gasteiger partial charge in [0.05, 0.1) is 11.8 Å². The topological polar surface area (TPSA) is 67.2 Å². The molecule has 4 rings (SSSR count). The van der Waals surface area contributed by atoms with Crippen LogP contribution in [0.25, 0.3) is 0 Å². The van der Waals surface area contributed by atoms with Crippen molar-refractivity contribution in [3.63, 3.8) is 0 Å². The number of thioether (sulfide) groups is 1. The summed E-state index contributed by atoms with van der Waals surface area (Å²) < 4.78 is 1.75. The molecule has 0 radical (unpaired) electrons. The fourth-order valence-electron chi connectivity index (χ4n) is 3.43. The molecule has 7 nitrogen and oxygen atoms in total. The van der Waals surface area contributed by atoms with Crippen LogP contribution >= 0.6 is 11.8 Å². The van der Waals surface area contributed by atoms with Gasteiger partial charge in [-0.05, 0) is 35.0 Å². The summed E-state index contributed by atoms with van der Waals surface area (Å²) in [6.45, 7) is 5.67. The zero-order chi connectivity index (χ0) is 20.1. The van der Waals surface area contributed by atoms with E-state index in [9.17, 15) is 4.79 Å². The van der Waals surface area contributed by atoms with Crippen LogP contribution in [0, 0.1) is 0 Å². The third-order valence-corrected chi connectivity index (χ3v) is 6.08. The first-order chi connectivity index (χ1) is 14.2. The molecule has 8 heteroatoms. The molecule has 1 aromatic heterocycles. The fraction of sp³-hybridized carbons (Fsp3) is 0.333. The Kier molecular flexibility index (Phi) is 6.09. The first-order valence-corrected chi connectivity index (χ1v) is 10.6. The number of carbonyl (C=O) groups is 1. The molecule has 0 saturated carbocycles. The van der Waals surface area contributed by atoms with Gasteiger partial charge in [0.15, 0.2) is 0 Å². The maximum atomic E-state index is 12.9. The molecule has 0 N–H and O–H groups in total. The maximum Gasteiger partial charge on any atom is 0.236 e. The standard InChI is InChI=1S/C21H24N6OS/c1-17(29-21-22-23-24-27(21)16-18-8-4-2-5-9-18)20(28)26-14-12-25(13-15-26)19-10-6-3-7-11-19/h2-11,17H,12-16H2,1H3. The summed E-state index contributed by atoms with van der Waals surface area (Å²) in [4.78, 5) is 17.2. The van der Waals surface area contributed by atoms with Crippen molar-refractivity contribution >= 4 is 23.4 Å². The fourth-order valence-corrected chi connectivity index (χ4v) is 4.30. The minimum absolute atomic E-state index is 0.136. The van der Waals surface area contributed by atoms with Gasteiger partial charge in [0.25, 0.3) is 0 Å². The van der Waals surface area contributed by atoms with Gasteiger partial charge in [0.2, 0.25) is 11.1 Å². The Labute approximate surface area is 174 Å². The second kappa shape index (κ2) is 9.09. The number of rotatable bonds is 6. The van der Waals surface area contributed by atoms with Crippen molar-refractivity contribution in [3.8, 4) is 0 Å². The number of tetrazole rings is 1. The average Bonchev–Trinajstić information content (AvgIpc) is 3.21. The molecule has 2 aromatic carbocycles. The Morgan fingerprint density at radius 1 is 1.00 bits per heavy atom. The predicted molar refractivity (Wildman–Crippen MR) is 114 cm³/mol. The molecule has 2 heterocycles. The highest BCUT2D eigenvalue weighted by atomic mass is 32.2. The molecular weight excluding hydrogens is 384 g/mol. The summed E-state index contributed by atoms with van der Waals surface area (Å²) in [5, 5.41) is 12.4. The van der Waals surface area contributed by atoms with Crippen molar-refractivity contribution in [1.82, 2.24) is 25.1 Å². The molecule has 1 fully saturated rings. The highest BCUT2D eigenvalue weighted by Gasteiger charge is 2.27. The van der Waals surface area contributed by atoms with Gasteiger partial charge in [-0.2, -0.15) is 0 Å². The van der Waals surface area contributed by atoms with E-state index in [0.29, 0.717) is 11.7 Å². The van der Waals surface area contributed by atoms with E-state index in [2.05, 4.69) is 32.6 Å². The van der Waals surface area contributed by atoms with Crippen molar-refractivity contribution < 1.29 is 4.79 Å². The van der Waals surface area contributed by atoms with Gasteiger partial charge in [-0.1, -0.05) is 60.3 Å². The number of amides is 1. The van der Waals surface area contributed by atoms with E-state index in [0.717, 1.165) is 31.7 Å². The van der Waals surface area contributed by atoms with E-state index in [1.54, 1.807) is 4.68 Å². The molecule has 0 bridgehead atoms. The lowest BCUT2D eigenvalue weighted by Crippen LogP contribution is -2.50.